The lowest BCUT2D eigenvalue weighted by atomic mass is 10.1. The van der Waals surface area contributed by atoms with Crippen molar-refractivity contribution in [2.24, 2.45) is 0 Å². The summed E-state index contributed by atoms with van der Waals surface area (Å²) < 4.78 is 32.3. The number of halogens is 2. The largest absolute Gasteiger partial charge is 0.489 e. The van der Waals surface area contributed by atoms with Gasteiger partial charge in [0.2, 0.25) is 0 Å². The van der Waals surface area contributed by atoms with Gasteiger partial charge in [-0.15, -0.1) is 0 Å². The Morgan fingerprint density at radius 2 is 2.20 bits per heavy atom. The first-order valence-corrected chi connectivity index (χ1v) is 6.45. The zero-order chi connectivity index (χ0) is 14.1. The molecule has 1 aromatic heterocycles. The van der Waals surface area contributed by atoms with Crippen LogP contribution in [-0.4, -0.2) is 22.2 Å². The summed E-state index contributed by atoms with van der Waals surface area (Å²) in [6.45, 7) is 0.302. The topological polar surface area (TPSA) is 30.3 Å². The normalized spacial score (nSPS) is 18.0. The molecule has 1 aliphatic rings. The van der Waals surface area contributed by atoms with Gasteiger partial charge in [0.05, 0.1) is 18.3 Å². The maximum atomic E-state index is 12.9. The number of aromatic nitrogens is 2. The fraction of sp³-hybridized carbons (Fsp3) is 0.357. The van der Waals surface area contributed by atoms with E-state index in [1.54, 1.807) is 0 Å². The number of ether oxygens (including phenoxy) is 1. The highest BCUT2D eigenvalue weighted by Crippen LogP contribution is 2.34. The lowest BCUT2D eigenvalue weighted by molar-refractivity contribution is 0.0668. The van der Waals surface area contributed by atoms with Crippen molar-refractivity contribution in [2.75, 3.05) is 11.5 Å². The number of hydrogen-bond donors (Lipinski definition) is 0. The molecule has 0 unspecified atom stereocenters. The molecule has 0 N–H and O–H groups in total. The predicted octanol–water partition coefficient (Wildman–Crippen LogP) is 3.07. The van der Waals surface area contributed by atoms with Crippen molar-refractivity contribution in [2.45, 2.75) is 26.1 Å². The first-order valence-electron chi connectivity index (χ1n) is 6.45. The van der Waals surface area contributed by atoms with Gasteiger partial charge in [0.25, 0.3) is 0 Å². The summed E-state index contributed by atoms with van der Waals surface area (Å²) >= 11 is 0. The van der Waals surface area contributed by atoms with E-state index in [1.807, 2.05) is 36.1 Å². The van der Waals surface area contributed by atoms with Crippen LogP contribution in [0.25, 0.3) is 0 Å². The molecule has 20 heavy (non-hydrogen) atoms. The molecule has 0 bridgehead atoms. The van der Waals surface area contributed by atoms with Gasteiger partial charge < -0.3 is 9.64 Å². The van der Waals surface area contributed by atoms with E-state index in [1.165, 1.54) is 12.4 Å². The SMILES string of the molecule is C[C@H]1COc2ccccc2N1Cc1nccn1C(F)F. The predicted molar refractivity (Wildman–Crippen MR) is 71.1 cm³/mol. The first kappa shape index (κ1) is 12.9. The Balaban J connectivity index is 1.92. The molecule has 0 saturated carbocycles. The molecule has 0 amide bonds. The molecule has 4 nitrogen and oxygen atoms in total. The minimum atomic E-state index is -2.57. The Bertz CT molecular complexity index is 600. The van der Waals surface area contributed by atoms with Crippen molar-refractivity contribution in [3.8, 4) is 5.75 Å². The van der Waals surface area contributed by atoms with E-state index in [2.05, 4.69) is 4.98 Å². The van der Waals surface area contributed by atoms with Crippen molar-refractivity contribution in [1.29, 1.82) is 0 Å². The van der Waals surface area contributed by atoms with Crippen LogP contribution in [0.4, 0.5) is 14.5 Å². The summed E-state index contributed by atoms with van der Waals surface area (Å²) in [4.78, 5) is 6.08. The van der Waals surface area contributed by atoms with Crippen LogP contribution in [0.15, 0.2) is 36.7 Å². The van der Waals surface area contributed by atoms with Gasteiger partial charge in [0.15, 0.2) is 0 Å². The van der Waals surface area contributed by atoms with Gasteiger partial charge in [0.1, 0.15) is 18.2 Å². The van der Waals surface area contributed by atoms with Crippen LogP contribution >= 0.6 is 0 Å². The van der Waals surface area contributed by atoms with Gasteiger partial charge in [-0.2, -0.15) is 8.78 Å². The standard InChI is InChI=1S/C14H15F2N3O/c1-10-9-20-12-5-3-2-4-11(12)19(10)8-13-17-6-7-18(13)14(15)16/h2-7,10,14H,8-9H2,1H3/t10-/m0/s1. The summed E-state index contributed by atoms with van der Waals surface area (Å²) in [6.07, 6.45) is 2.70. The van der Waals surface area contributed by atoms with Gasteiger partial charge >= 0.3 is 6.55 Å². The molecule has 0 radical (unpaired) electrons. The maximum absolute atomic E-state index is 12.9. The summed E-state index contributed by atoms with van der Waals surface area (Å²) in [5.74, 6) is 1.13. The molecule has 6 heteroatoms. The van der Waals surface area contributed by atoms with Crippen molar-refractivity contribution >= 4 is 5.69 Å². The lowest BCUT2D eigenvalue weighted by Crippen LogP contribution is -2.41. The third-order valence-corrected chi connectivity index (χ3v) is 3.46. The quantitative estimate of drug-likeness (QED) is 0.865. The summed E-state index contributed by atoms with van der Waals surface area (Å²) in [7, 11) is 0. The fourth-order valence-electron chi connectivity index (χ4n) is 2.39. The van der Waals surface area contributed by atoms with Crippen LogP contribution in [0, 0.1) is 0 Å². The second-order valence-corrected chi connectivity index (χ2v) is 4.78. The van der Waals surface area contributed by atoms with Crippen LogP contribution in [-0.2, 0) is 6.54 Å². The van der Waals surface area contributed by atoms with Crippen molar-refractivity contribution in [3.05, 3.63) is 42.5 Å². The van der Waals surface area contributed by atoms with Crippen LogP contribution in [0.1, 0.15) is 19.3 Å². The average Bonchev–Trinajstić information content (AvgIpc) is 2.90. The highest BCUT2D eigenvalue weighted by Gasteiger charge is 2.26. The van der Waals surface area contributed by atoms with E-state index in [-0.39, 0.29) is 6.04 Å². The summed E-state index contributed by atoms with van der Waals surface area (Å²) in [6, 6.07) is 7.72. The Morgan fingerprint density at radius 3 is 3.00 bits per heavy atom. The Kier molecular flexibility index (Phi) is 3.30. The lowest BCUT2D eigenvalue weighted by Gasteiger charge is -2.36. The smallest absolute Gasteiger partial charge is 0.319 e. The number of nitrogens with zero attached hydrogens (tertiary/aromatic N) is 3. The van der Waals surface area contributed by atoms with Gasteiger partial charge in [-0.05, 0) is 19.1 Å². The van der Waals surface area contributed by atoms with E-state index in [0.29, 0.717) is 19.0 Å². The Hall–Kier alpha value is -2.11. The fourth-order valence-corrected chi connectivity index (χ4v) is 2.39. The molecule has 0 aliphatic carbocycles. The summed E-state index contributed by atoms with van der Waals surface area (Å²) in [5.41, 5.74) is 0.912. The maximum Gasteiger partial charge on any atom is 0.319 e. The summed E-state index contributed by atoms with van der Waals surface area (Å²) in [5, 5.41) is 0. The number of rotatable bonds is 3. The molecule has 2 heterocycles. The molecule has 1 aliphatic heterocycles. The Morgan fingerprint density at radius 1 is 1.40 bits per heavy atom. The monoisotopic (exact) mass is 279 g/mol. The molecule has 106 valence electrons. The second-order valence-electron chi connectivity index (χ2n) is 4.78. The van der Waals surface area contributed by atoms with Crippen LogP contribution in [0.5, 0.6) is 5.75 Å². The molecular formula is C14H15F2N3O. The van der Waals surface area contributed by atoms with Gasteiger partial charge in [0, 0.05) is 12.4 Å². The van der Waals surface area contributed by atoms with E-state index in [0.717, 1.165) is 16.0 Å². The van der Waals surface area contributed by atoms with E-state index < -0.39 is 6.55 Å². The van der Waals surface area contributed by atoms with Crippen LogP contribution < -0.4 is 9.64 Å². The van der Waals surface area contributed by atoms with Crippen LogP contribution in [0.2, 0.25) is 0 Å². The van der Waals surface area contributed by atoms with Crippen LogP contribution in [0.3, 0.4) is 0 Å². The highest BCUT2D eigenvalue weighted by molar-refractivity contribution is 5.60. The van der Waals surface area contributed by atoms with Crippen molar-refractivity contribution in [1.82, 2.24) is 9.55 Å². The zero-order valence-electron chi connectivity index (χ0n) is 11.0. The molecule has 0 fully saturated rings. The number of benzene rings is 1. The number of imidazole rings is 1. The zero-order valence-corrected chi connectivity index (χ0v) is 11.0. The van der Waals surface area contributed by atoms with Gasteiger partial charge in [-0.25, -0.2) is 4.98 Å². The van der Waals surface area contributed by atoms with Crippen molar-refractivity contribution in [3.63, 3.8) is 0 Å². The van der Waals surface area contributed by atoms with Gasteiger partial charge in [-0.3, -0.25) is 4.57 Å². The number of para-hydroxylation sites is 2. The number of fused-ring (bicyclic) bond motifs is 1. The highest BCUT2D eigenvalue weighted by atomic mass is 19.3. The third-order valence-electron chi connectivity index (χ3n) is 3.46. The first-order chi connectivity index (χ1) is 9.66. The van der Waals surface area contributed by atoms with Crippen molar-refractivity contribution < 1.29 is 13.5 Å². The molecule has 3 rings (SSSR count). The minimum absolute atomic E-state index is 0.104. The Labute approximate surface area is 115 Å². The molecule has 0 spiro atoms. The minimum Gasteiger partial charge on any atom is -0.489 e. The molecular weight excluding hydrogens is 264 g/mol. The third kappa shape index (κ3) is 2.21. The van der Waals surface area contributed by atoms with Gasteiger partial charge in [-0.1, -0.05) is 12.1 Å². The molecule has 0 saturated heterocycles. The molecule has 1 atom stereocenters. The number of anilines is 1. The average molecular weight is 279 g/mol. The number of hydrogen-bond acceptors (Lipinski definition) is 3. The van der Waals surface area contributed by atoms with E-state index >= 15 is 0 Å². The molecule has 2 aromatic rings. The molecule has 1 aromatic carbocycles. The number of alkyl halides is 2. The second kappa shape index (κ2) is 5.11. The van der Waals surface area contributed by atoms with E-state index in [9.17, 15) is 8.78 Å². The van der Waals surface area contributed by atoms with E-state index in [4.69, 9.17) is 4.74 Å².